The second-order valence-corrected chi connectivity index (χ2v) is 8.70. The van der Waals surface area contributed by atoms with Crippen molar-refractivity contribution >= 4 is 26.5 Å². The van der Waals surface area contributed by atoms with Crippen LogP contribution in [0.1, 0.15) is 38.5 Å². The van der Waals surface area contributed by atoms with Gasteiger partial charge >= 0.3 is 0 Å². The molecule has 2 fully saturated rings. The molecule has 4 rings (SSSR count). The number of nitrogens with zero attached hydrogens (tertiary/aromatic N) is 1. The topological polar surface area (TPSA) is 71.2 Å². The minimum absolute atomic E-state index is 0.0392. The molecule has 3 N–H and O–H groups in total. The number of hydrogen-bond donors (Lipinski definition) is 2. The van der Waals surface area contributed by atoms with E-state index in [1.54, 1.807) is 0 Å². The van der Waals surface area contributed by atoms with Crippen LogP contribution in [-0.4, -0.2) is 14.4 Å². The molecule has 0 amide bonds. The fourth-order valence-electron chi connectivity index (χ4n) is 3.58. The van der Waals surface area contributed by atoms with Crippen LogP contribution in [0.15, 0.2) is 34.8 Å². The van der Waals surface area contributed by atoms with Crippen molar-refractivity contribution in [2.75, 3.05) is 0 Å². The van der Waals surface area contributed by atoms with E-state index >= 15 is 0 Å². The number of nitrogens with one attached hydrogen (secondary N) is 1. The van der Waals surface area contributed by atoms with Gasteiger partial charge in [-0.25, -0.2) is 9.35 Å². The Balaban J connectivity index is 1.65. The first kappa shape index (κ1) is 13.3. The maximum Gasteiger partial charge on any atom is 0.113 e. The van der Waals surface area contributed by atoms with Crippen molar-refractivity contribution in [2.24, 2.45) is 14.9 Å². The van der Waals surface area contributed by atoms with Gasteiger partial charge in [-0.1, -0.05) is 18.2 Å². The average Bonchev–Trinajstić information content (AvgIpc) is 3.11. The average molecular weight is 303 g/mol. The van der Waals surface area contributed by atoms with E-state index in [2.05, 4.69) is 9.35 Å². The van der Waals surface area contributed by atoms with Gasteiger partial charge in [-0.05, 0) is 50.0 Å². The Hall–Kier alpha value is -1.33. The Labute approximate surface area is 125 Å². The van der Waals surface area contributed by atoms with Crippen molar-refractivity contribution in [3.05, 3.63) is 30.5 Å². The first-order chi connectivity index (χ1) is 10.1. The van der Waals surface area contributed by atoms with E-state index in [1.165, 1.54) is 25.7 Å². The lowest BCUT2D eigenvalue weighted by molar-refractivity contribution is 0.340. The molecule has 0 aliphatic heterocycles. The van der Waals surface area contributed by atoms with Gasteiger partial charge in [0.15, 0.2) is 0 Å². The van der Waals surface area contributed by atoms with Crippen LogP contribution in [0.4, 0.5) is 5.69 Å². The Kier molecular flexibility index (Phi) is 2.91. The molecule has 0 radical (unpaired) electrons. The Morgan fingerprint density at radius 2 is 1.90 bits per heavy atom. The molecule has 1 aromatic heterocycles. The van der Waals surface area contributed by atoms with Gasteiger partial charge in [0.05, 0.1) is 10.9 Å². The summed E-state index contributed by atoms with van der Waals surface area (Å²) in [6, 6.07) is 7.91. The lowest BCUT2D eigenvalue weighted by Crippen LogP contribution is -2.32. The Bertz CT molecular complexity index is 787. The van der Waals surface area contributed by atoms with Crippen molar-refractivity contribution in [1.82, 2.24) is 4.98 Å². The lowest BCUT2D eigenvalue weighted by atomic mass is 9.86. The number of benzene rings is 1. The summed E-state index contributed by atoms with van der Waals surface area (Å²) in [5.74, 6) is 0. The minimum atomic E-state index is -2.67. The number of nitrogens with two attached hydrogens (primary N) is 1. The fourth-order valence-corrected chi connectivity index (χ4v) is 5.10. The van der Waals surface area contributed by atoms with Crippen LogP contribution in [0.2, 0.25) is 0 Å². The number of aromatic nitrogens is 1. The van der Waals surface area contributed by atoms with Gasteiger partial charge < -0.3 is 4.98 Å². The first-order valence-corrected chi connectivity index (χ1v) is 9.32. The zero-order chi connectivity index (χ0) is 14.5. The molecule has 1 aromatic carbocycles. The van der Waals surface area contributed by atoms with Crippen molar-refractivity contribution in [3.8, 4) is 0 Å². The van der Waals surface area contributed by atoms with Crippen molar-refractivity contribution in [1.29, 1.82) is 0 Å². The van der Waals surface area contributed by atoms with Crippen LogP contribution in [0.5, 0.6) is 0 Å². The molecule has 4 nitrogen and oxygen atoms in total. The van der Waals surface area contributed by atoms with Crippen LogP contribution in [-0.2, 0) is 9.92 Å². The van der Waals surface area contributed by atoms with E-state index in [0.717, 1.165) is 29.4 Å². The standard InChI is InChI=1S/C16H21N3OS/c17-21(20,12-5-7-16(8-6-12)9-10-16)19-15-11-18-14-4-2-1-3-13(14)15/h1-4,11-12,18H,5-10H2,(H2,17,19,20). The van der Waals surface area contributed by atoms with Crippen LogP contribution < -0.4 is 5.14 Å². The zero-order valence-electron chi connectivity index (χ0n) is 12.0. The molecule has 1 spiro atoms. The van der Waals surface area contributed by atoms with Crippen LogP contribution >= 0.6 is 0 Å². The van der Waals surface area contributed by atoms with Gasteiger partial charge in [0.2, 0.25) is 0 Å². The third-order valence-corrected chi connectivity index (χ3v) is 7.15. The molecule has 5 heteroatoms. The SMILES string of the molecule is NS(=O)(=Nc1c[nH]c2ccccc12)C1CCC2(CC1)CC2. The van der Waals surface area contributed by atoms with Gasteiger partial charge in [0.1, 0.15) is 9.92 Å². The highest BCUT2D eigenvalue weighted by Gasteiger charge is 2.46. The van der Waals surface area contributed by atoms with E-state index in [4.69, 9.17) is 5.14 Å². The maximum atomic E-state index is 12.9. The van der Waals surface area contributed by atoms with Crippen molar-refractivity contribution in [2.45, 2.75) is 43.8 Å². The predicted molar refractivity (Wildman–Crippen MR) is 86.6 cm³/mol. The quantitative estimate of drug-likeness (QED) is 0.868. The van der Waals surface area contributed by atoms with Crippen LogP contribution in [0.3, 0.4) is 0 Å². The van der Waals surface area contributed by atoms with Crippen LogP contribution in [0, 0.1) is 5.41 Å². The normalized spacial score (nSPS) is 24.0. The number of aromatic amines is 1. The minimum Gasteiger partial charge on any atom is -0.359 e. The van der Waals surface area contributed by atoms with Crippen molar-refractivity contribution < 1.29 is 4.21 Å². The summed E-state index contributed by atoms with van der Waals surface area (Å²) in [4.78, 5) is 3.16. The molecule has 2 aliphatic rings. The number of rotatable bonds is 2. The molecule has 1 heterocycles. The van der Waals surface area contributed by atoms with Crippen LogP contribution in [0.25, 0.3) is 10.9 Å². The highest BCUT2D eigenvalue weighted by molar-refractivity contribution is 7.92. The summed E-state index contributed by atoms with van der Waals surface area (Å²) < 4.78 is 17.3. The third kappa shape index (κ3) is 2.38. The number of H-pyrrole nitrogens is 1. The Morgan fingerprint density at radius 3 is 2.62 bits per heavy atom. The number of para-hydroxylation sites is 1. The molecule has 21 heavy (non-hydrogen) atoms. The van der Waals surface area contributed by atoms with Gasteiger partial charge in [0.25, 0.3) is 0 Å². The van der Waals surface area contributed by atoms with Gasteiger partial charge in [-0.15, -0.1) is 0 Å². The second kappa shape index (κ2) is 4.58. The van der Waals surface area contributed by atoms with E-state index in [9.17, 15) is 4.21 Å². The zero-order valence-corrected chi connectivity index (χ0v) is 12.9. The summed E-state index contributed by atoms with van der Waals surface area (Å²) in [6.07, 6.45) is 8.78. The predicted octanol–water partition coefficient (Wildman–Crippen LogP) is 3.86. The highest BCUT2D eigenvalue weighted by atomic mass is 32.2. The van der Waals surface area contributed by atoms with Gasteiger partial charge in [-0.3, -0.25) is 0 Å². The van der Waals surface area contributed by atoms with E-state index < -0.39 is 9.92 Å². The Morgan fingerprint density at radius 1 is 1.19 bits per heavy atom. The van der Waals surface area contributed by atoms with Gasteiger partial charge in [-0.2, -0.15) is 4.36 Å². The lowest BCUT2D eigenvalue weighted by Gasteiger charge is -2.28. The summed E-state index contributed by atoms with van der Waals surface area (Å²) in [6.45, 7) is 0. The summed E-state index contributed by atoms with van der Waals surface area (Å²) in [7, 11) is -2.67. The monoisotopic (exact) mass is 303 g/mol. The van der Waals surface area contributed by atoms with Crippen molar-refractivity contribution in [3.63, 3.8) is 0 Å². The molecule has 1 unspecified atom stereocenters. The van der Waals surface area contributed by atoms with E-state index in [1.807, 2.05) is 30.5 Å². The third-order valence-electron chi connectivity index (χ3n) is 5.24. The van der Waals surface area contributed by atoms with E-state index in [-0.39, 0.29) is 5.25 Å². The maximum absolute atomic E-state index is 12.9. The summed E-state index contributed by atoms with van der Waals surface area (Å²) >= 11 is 0. The van der Waals surface area contributed by atoms with E-state index in [0.29, 0.717) is 5.41 Å². The molecule has 1 atom stereocenters. The van der Waals surface area contributed by atoms with Gasteiger partial charge in [0, 0.05) is 17.1 Å². The molecular formula is C16H21N3OS. The second-order valence-electron chi connectivity index (χ2n) is 6.62. The molecular weight excluding hydrogens is 282 g/mol. The molecule has 2 saturated carbocycles. The molecule has 0 bridgehead atoms. The number of hydrogen-bond acceptors (Lipinski definition) is 2. The first-order valence-electron chi connectivity index (χ1n) is 7.68. The molecule has 2 aromatic rings. The molecule has 2 aliphatic carbocycles. The fraction of sp³-hybridized carbons (Fsp3) is 0.500. The summed E-state index contributed by atoms with van der Waals surface area (Å²) in [5.41, 5.74) is 2.32. The smallest absolute Gasteiger partial charge is 0.113 e. The molecule has 0 saturated heterocycles. The molecule has 112 valence electrons. The summed E-state index contributed by atoms with van der Waals surface area (Å²) in [5, 5.41) is 7.16. The largest absolute Gasteiger partial charge is 0.359 e. The highest BCUT2D eigenvalue weighted by Crippen LogP contribution is 2.56. The number of fused-ring (bicyclic) bond motifs is 1.